The molecule has 9 nitrogen and oxygen atoms in total. The van der Waals surface area contributed by atoms with Crippen molar-refractivity contribution in [3.63, 3.8) is 0 Å². The summed E-state index contributed by atoms with van der Waals surface area (Å²) in [6.45, 7) is 5.79. The maximum atomic E-state index is 13.3. The summed E-state index contributed by atoms with van der Waals surface area (Å²) in [5.41, 5.74) is 3.44. The molecule has 3 N–H and O–H groups in total. The predicted molar refractivity (Wildman–Crippen MR) is 175 cm³/mol. The third-order valence-corrected chi connectivity index (χ3v) is 8.04. The highest BCUT2D eigenvalue weighted by Crippen LogP contribution is 2.26. The fourth-order valence-electron chi connectivity index (χ4n) is 3.86. The number of rotatable bonds is 12. The van der Waals surface area contributed by atoms with Crippen LogP contribution in [0.15, 0.2) is 94.8 Å². The van der Waals surface area contributed by atoms with Crippen LogP contribution in [0.25, 0.3) is 6.08 Å². The van der Waals surface area contributed by atoms with Gasteiger partial charge < -0.3 is 20.7 Å². The Kier molecular flexibility index (Phi) is 11.4. The summed E-state index contributed by atoms with van der Waals surface area (Å²) in [5, 5.41) is 10.0. The molecule has 0 aliphatic carbocycles. The predicted octanol–water partition coefficient (Wildman–Crippen LogP) is 6.09. The van der Waals surface area contributed by atoms with Crippen molar-refractivity contribution in [3.05, 3.63) is 112 Å². The molecule has 44 heavy (non-hydrogen) atoms. The van der Waals surface area contributed by atoms with E-state index in [1.165, 1.54) is 23.1 Å². The van der Waals surface area contributed by atoms with Crippen LogP contribution in [0, 0.1) is 6.92 Å². The van der Waals surface area contributed by atoms with Crippen molar-refractivity contribution in [2.75, 3.05) is 17.2 Å². The lowest BCUT2D eigenvalue weighted by atomic mass is 10.1. The van der Waals surface area contributed by atoms with Gasteiger partial charge in [-0.2, -0.15) is 0 Å². The van der Waals surface area contributed by atoms with Crippen molar-refractivity contribution in [2.24, 2.45) is 0 Å². The number of carbonyl (C=O) groups is 4. The van der Waals surface area contributed by atoms with E-state index in [4.69, 9.17) is 4.74 Å². The monoisotopic (exact) mass is 628 g/mol. The van der Waals surface area contributed by atoms with Gasteiger partial charge in [-0.3, -0.25) is 19.2 Å². The summed E-state index contributed by atoms with van der Waals surface area (Å²) in [7, 11) is 0. The molecule has 1 atom stereocenters. The van der Waals surface area contributed by atoms with Gasteiger partial charge in [-0.25, -0.2) is 4.98 Å². The van der Waals surface area contributed by atoms with Gasteiger partial charge in [-0.15, -0.1) is 23.1 Å². The number of carbonyl (C=O) groups excluding carboxylic acids is 4. The number of aryl methyl sites for hydroxylation is 1. The van der Waals surface area contributed by atoms with Gasteiger partial charge in [0.1, 0.15) is 5.70 Å². The number of nitrogens with zero attached hydrogens (tertiary/aromatic N) is 1. The number of hydrogen-bond acceptors (Lipinski definition) is 8. The van der Waals surface area contributed by atoms with Gasteiger partial charge in [0.05, 0.1) is 24.0 Å². The minimum atomic E-state index is -0.478. The molecule has 1 unspecified atom stereocenters. The number of thiazole rings is 1. The molecule has 1 aromatic heterocycles. The van der Waals surface area contributed by atoms with Crippen molar-refractivity contribution in [2.45, 2.75) is 37.3 Å². The second-order valence-electron chi connectivity index (χ2n) is 9.64. The number of nitrogens with one attached hydrogen (secondary N) is 3. The molecule has 0 fully saturated rings. The molecular weight excluding hydrogens is 597 g/mol. The molecule has 11 heteroatoms. The highest BCUT2D eigenvalue weighted by molar-refractivity contribution is 8.00. The average molecular weight is 629 g/mol. The molecule has 4 rings (SSSR count). The third kappa shape index (κ3) is 9.65. The number of amides is 3. The molecule has 0 radical (unpaired) electrons. The van der Waals surface area contributed by atoms with E-state index < -0.39 is 17.1 Å². The minimum Gasteiger partial charge on any atom is -0.466 e. The number of esters is 1. The molecule has 4 aromatic rings. The molecule has 0 bridgehead atoms. The van der Waals surface area contributed by atoms with Crippen LogP contribution in [0.2, 0.25) is 0 Å². The normalized spacial score (nSPS) is 11.8. The van der Waals surface area contributed by atoms with Crippen molar-refractivity contribution in [3.8, 4) is 0 Å². The number of thioether (sulfide) groups is 1. The van der Waals surface area contributed by atoms with Gasteiger partial charge in [0, 0.05) is 21.5 Å². The van der Waals surface area contributed by atoms with E-state index in [1.807, 2.05) is 37.3 Å². The Bertz CT molecular complexity index is 1630. The van der Waals surface area contributed by atoms with Crippen molar-refractivity contribution in [1.82, 2.24) is 10.3 Å². The van der Waals surface area contributed by atoms with Crippen molar-refractivity contribution in [1.29, 1.82) is 0 Å². The third-order valence-electron chi connectivity index (χ3n) is 6.12. The lowest BCUT2D eigenvalue weighted by Gasteiger charge is -2.13. The molecule has 0 aliphatic heterocycles. The summed E-state index contributed by atoms with van der Waals surface area (Å²) in [6.07, 6.45) is 1.68. The Labute approximate surface area is 264 Å². The van der Waals surface area contributed by atoms with Gasteiger partial charge in [-0.05, 0) is 68.8 Å². The number of ether oxygens (including phenoxy) is 1. The summed E-state index contributed by atoms with van der Waals surface area (Å²) in [6, 6.07) is 23.3. The molecule has 0 saturated carbocycles. The van der Waals surface area contributed by atoms with Crippen LogP contribution in [0.3, 0.4) is 0 Å². The van der Waals surface area contributed by atoms with Crippen molar-refractivity contribution < 1.29 is 23.9 Å². The average Bonchev–Trinajstić information content (AvgIpc) is 3.45. The van der Waals surface area contributed by atoms with Crippen molar-refractivity contribution >= 4 is 63.7 Å². The van der Waals surface area contributed by atoms with E-state index >= 15 is 0 Å². The maximum absolute atomic E-state index is 13.3. The molecule has 3 aromatic carbocycles. The van der Waals surface area contributed by atoms with E-state index in [0.29, 0.717) is 28.7 Å². The van der Waals surface area contributed by atoms with Crippen LogP contribution < -0.4 is 16.0 Å². The van der Waals surface area contributed by atoms with Gasteiger partial charge in [0.25, 0.3) is 11.8 Å². The van der Waals surface area contributed by atoms with E-state index in [-0.39, 0.29) is 24.0 Å². The van der Waals surface area contributed by atoms with Crippen LogP contribution in [-0.2, 0) is 25.5 Å². The second-order valence-corrected chi connectivity index (χ2v) is 11.9. The number of anilines is 2. The zero-order valence-electron chi connectivity index (χ0n) is 24.5. The van der Waals surface area contributed by atoms with E-state index in [1.54, 1.807) is 73.8 Å². The molecule has 0 aliphatic rings. The van der Waals surface area contributed by atoms with Crippen LogP contribution >= 0.6 is 23.1 Å². The first-order valence-corrected chi connectivity index (χ1v) is 15.6. The van der Waals surface area contributed by atoms with E-state index in [9.17, 15) is 19.2 Å². The fourth-order valence-corrected chi connectivity index (χ4v) is 5.44. The van der Waals surface area contributed by atoms with Crippen LogP contribution in [0.4, 0.5) is 10.8 Å². The molecule has 3 amide bonds. The molecule has 226 valence electrons. The minimum absolute atomic E-state index is 0.0516. The summed E-state index contributed by atoms with van der Waals surface area (Å²) >= 11 is 2.59. The highest BCUT2D eigenvalue weighted by atomic mass is 32.2. The number of benzene rings is 3. The van der Waals surface area contributed by atoms with Gasteiger partial charge in [0.15, 0.2) is 5.13 Å². The fraction of sp³-hybridized carbons (Fsp3) is 0.182. The quantitative estimate of drug-likeness (QED) is 0.0985. The Morgan fingerprint density at radius 1 is 0.955 bits per heavy atom. The summed E-state index contributed by atoms with van der Waals surface area (Å²) in [4.78, 5) is 55.6. The standard InChI is InChI=1S/C33H32N4O5S2/c1-4-42-29(38)19-26-20-43-33(35-26)37-30(39)22(3)44-27-16-14-25(15-17-27)34-32(41)28(18-23-12-10-21(2)11-13-23)36-31(40)24-8-6-5-7-9-24/h5-18,20,22H,4,19H2,1-3H3,(H,34,41)(H,36,40)(H,35,37,39)/b28-18-. The number of hydrogen-bond donors (Lipinski definition) is 3. The molecular formula is C33H32N4O5S2. The lowest BCUT2D eigenvalue weighted by molar-refractivity contribution is -0.142. The number of aromatic nitrogens is 1. The summed E-state index contributed by atoms with van der Waals surface area (Å²) in [5.74, 6) is -1.47. The van der Waals surface area contributed by atoms with Gasteiger partial charge >= 0.3 is 5.97 Å². The first-order valence-electron chi connectivity index (χ1n) is 13.8. The van der Waals surface area contributed by atoms with Crippen LogP contribution in [-0.4, -0.2) is 40.5 Å². The van der Waals surface area contributed by atoms with E-state index in [2.05, 4.69) is 20.9 Å². The maximum Gasteiger partial charge on any atom is 0.311 e. The smallest absolute Gasteiger partial charge is 0.311 e. The van der Waals surface area contributed by atoms with Crippen LogP contribution in [0.1, 0.15) is 41.0 Å². The Morgan fingerprint density at radius 2 is 1.66 bits per heavy atom. The Hall–Kier alpha value is -4.74. The largest absolute Gasteiger partial charge is 0.466 e. The summed E-state index contributed by atoms with van der Waals surface area (Å²) < 4.78 is 4.93. The van der Waals surface area contributed by atoms with Gasteiger partial charge in [0.2, 0.25) is 5.91 Å². The topological polar surface area (TPSA) is 126 Å². The Morgan fingerprint density at radius 3 is 2.34 bits per heavy atom. The SMILES string of the molecule is CCOC(=O)Cc1csc(NC(=O)C(C)Sc2ccc(NC(=O)/C(=C/c3ccc(C)cc3)NC(=O)c3ccccc3)cc2)n1. The molecule has 0 saturated heterocycles. The highest BCUT2D eigenvalue weighted by Gasteiger charge is 2.18. The Balaban J connectivity index is 1.37. The van der Waals surface area contributed by atoms with E-state index in [0.717, 1.165) is 16.0 Å². The molecule has 1 heterocycles. The second kappa shape index (κ2) is 15.6. The van der Waals surface area contributed by atoms with Crippen LogP contribution in [0.5, 0.6) is 0 Å². The molecule has 0 spiro atoms. The lowest BCUT2D eigenvalue weighted by Crippen LogP contribution is -2.30. The zero-order chi connectivity index (χ0) is 31.5. The first-order chi connectivity index (χ1) is 21.2. The first kappa shape index (κ1) is 32.2. The zero-order valence-corrected chi connectivity index (χ0v) is 26.1. The van der Waals surface area contributed by atoms with Gasteiger partial charge in [-0.1, -0.05) is 48.0 Å².